The number of carbonyl (C=O) groups is 1. The zero-order valence-electron chi connectivity index (χ0n) is 6.18. The second kappa shape index (κ2) is 3.66. The van der Waals surface area contributed by atoms with Crippen LogP contribution >= 0.6 is 11.6 Å². The van der Waals surface area contributed by atoms with Crippen LogP contribution in [-0.4, -0.2) is 11.3 Å². The van der Waals surface area contributed by atoms with E-state index in [1.807, 2.05) is 4.98 Å². The molecule has 0 amide bonds. The molecule has 0 atom stereocenters. The molecule has 0 aliphatic carbocycles. The largest absolute Gasteiger partial charge is 0.327 e. The molecule has 3 nitrogen and oxygen atoms in total. The van der Waals surface area contributed by atoms with E-state index < -0.39 is 28.1 Å². The maximum Gasteiger partial charge on any atom is 0.267 e. The van der Waals surface area contributed by atoms with Crippen molar-refractivity contribution in [3.63, 3.8) is 0 Å². The van der Waals surface area contributed by atoms with Crippen LogP contribution < -0.4 is 5.56 Å². The Morgan fingerprint density at radius 1 is 1.54 bits per heavy atom. The van der Waals surface area contributed by atoms with Crippen LogP contribution in [0.4, 0.5) is 8.78 Å². The summed E-state index contributed by atoms with van der Waals surface area (Å²) in [4.78, 5) is 23.1. The fraction of sp³-hybridized carbons (Fsp3) is 0.143. The van der Waals surface area contributed by atoms with Gasteiger partial charge in [-0.1, -0.05) is 11.6 Å². The maximum absolute atomic E-state index is 12.2. The summed E-state index contributed by atoms with van der Waals surface area (Å²) in [5.74, 6) is 0. The third-order valence-electron chi connectivity index (χ3n) is 1.46. The molecular formula is C7H4ClF2NO2. The third kappa shape index (κ3) is 1.75. The van der Waals surface area contributed by atoms with Gasteiger partial charge in [-0.05, 0) is 0 Å². The van der Waals surface area contributed by atoms with E-state index in [9.17, 15) is 18.4 Å². The van der Waals surface area contributed by atoms with E-state index in [2.05, 4.69) is 0 Å². The van der Waals surface area contributed by atoms with E-state index in [0.717, 1.165) is 6.20 Å². The Hall–Kier alpha value is -1.23. The van der Waals surface area contributed by atoms with Gasteiger partial charge >= 0.3 is 0 Å². The van der Waals surface area contributed by atoms with Crippen LogP contribution in [0.5, 0.6) is 0 Å². The average molecular weight is 208 g/mol. The summed E-state index contributed by atoms with van der Waals surface area (Å²) in [6.45, 7) is 0. The lowest BCUT2D eigenvalue weighted by Crippen LogP contribution is -2.11. The van der Waals surface area contributed by atoms with E-state index >= 15 is 0 Å². The van der Waals surface area contributed by atoms with Crippen LogP contribution in [0.15, 0.2) is 11.0 Å². The number of hydrogen-bond acceptors (Lipinski definition) is 2. The minimum atomic E-state index is -2.84. The van der Waals surface area contributed by atoms with Gasteiger partial charge in [-0.3, -0.25) is 9.59 Å². The number of H-pyrrole nitrogens is 1. The summed E-state index contributed by atoms with van der Waals surface area (Å²) in [6, 6.07) is 0. The second-order valence-electron chi connectivity index (χ2n) is 2.22. The van der Waals surface area contributed by atoms with Crippen molar-refractivity contribution in [1.82, 2.24) is 4.98 Å². The molecule has 1 aromatic heterocycles. The normalized spacial score (nSPS) is 10.5. The van der Waals surface area contributed by atoms with Crippen LogP contribution in [0.1, 0.15) is 22.3 Å². The first-order valence-electron chi connectivity index (χ1n) is 3.22. The Kier molecular flexibility index (Phi) is 2.77. The minimum Gasteiger partial charge on any atom is -0.327 e. The first-order valence-corrected chi connectivity index (χ1v) is 3.60. The number of nitrogens with one attached hydrogen (secondary N) is 1. The fourth-order valence-electron chi connectivity index (χ4n) is 0.834. The lowest BCUT2D eigenvalue weighted by atomic mass is 10.1. The SMILES string of the molecule is O=Cc1c(C(F)F)c[nH]c(=O)c1Cl. The van der Waals surface area contributed by atoms with Crippen LogP contribution in [0.3, 0.4) is 0 Å². The fourth-order valence-corrected chi connectivity index (χ4v) is 1.04. The highest BCUT2D eigenvalue weighted by Gasteiger charge is 2.17. The maximum atomic E-state index is 12.2. The van der Waals surface area contributed by atoms with Crippen molar-refractivity contribution in [2.45, 2.75) is 6.43 Å². The molecular weight excluding hydrogens is 204 g/mol. The first kappa shape index (κ1) is 9.85. The van der Waals surface area contributed by atoms with Gasteiger partial charge in [-0.25, -0.2) is 8.78 Å². The quantitative estimate of drug-likeness (QED) is 0.752. The molecule has 1 aromatic rings. The molecule has 0 aliphatic heterocycles. The van der Waals surface area contributed by atoms with E-state index in [1.165, 1.54) is 0 Å². The topological polar surface area (TPSA) is 49.9 Å². The number of halogens is 3. The molecule has 70 valence electrons. The summed E-state index contributed by atoms with van der Waals surface area (Å²) in [5.41, 5.74) is -1.78. The molecule has 0 saturated heterocycles. The van der Waals surface area contributed by atoms with E-state index in [1.54, 1.807) is 0 Å². The summed E-state index contributed by atoms with van der Waals surface area (Å²) in [5, 5.41) is -0.507. The molecule has 0 saturated carbocycles. The molecule has 6 heteroatoms. The van der Waals surface area contributed by atoms with E-state index in [-0.39, 0.29) is 6.29 Å². The predicted octanol–water partition coefficient (Wildman–Crippen LogP) is 1.78. The number of hydrogen-bond donors (Lipinski definition) is 1. The number of pyridine rings is 1. The predicted molar refractivity (Wildman–Crippen MR) is 42.4 cm³/mol. The Balaban J connectivity index is 3.47. The van der Waals surface area contributed by atoms with E-state index in [4.69, 9.17) is 11.6 Å². The Bertz CT molecular complexity index is 389. The molecule has 1 N–H and O–H groups in total. The molecule has 13 heavy (non-hydrogen) atoms. The van der Waals surface area contributed by atoms with Crippen molar-refractivity contribution in [3.05, 3.63) is 32.7 Å². The number of rotatable bonds is 2. The molecule has 0 aromatic carbocycles. The summed E-state index contributed by atoms with van der Waals surface area (Å²) >= 11 is 5.33. The highest BCUT2D eigenvalue weighted by Crippen LogP contribution is 2.23. The number of aromatic amines is 1. The van der Waals surface area contributed by atoms with Crippen LogP contribution in [0.2, 0.25) is 5.02 Å². The van der Waals surface area contributed by atoms with Crippen LogP contribution in [0, 0.1) is 0 Å². The van der Waals surface area contributed by atoms with Crippen molar-refractivity contribution >= 4 is 17.9 Å². The van der Waals surface area contributed by atoms with Crippen LogP contribution in [-0.2, 0) is 0 Å². The standard InChI is InChI=1S/C7H4ClF2NO2/c8-5-4(2-12)3(6(9)10)1-11-7(5)13/h1-2,6H,(H,11,13). The van der Waals surface area contributed by atoms with Crippen molar-refractivity contribution in [1.29, 1.82) is 0 Å². The Morgan fingerprint density at radius 2 is 2.15 bits per heavy atom. The summed E-state index contributed by atoms with van der Waals surface area (Å²) in [6.07, 6.45) is -1.92. The van der Waals surface area contributed by atoms with Gasteiger partial charge in [0.05, 0.1) is 0 Å². The number of alkyl halides is 2. The second-order valence-corrected chi connectivity index (χ2v) is 2.60. The first-order chi connectivity index (χ1) is 6.07. The van der Waals surface area contributed by atoms with Gasteiger partial charge in [-0.2, -0.15) is 0 Å². The van der Waals surface area contributed by atoms with Crippen molar-refractivity contribution < 1.29 is 13.6 Å². The number of aromatic nitrogens is 1. The van der Waals surface area contributed by atoms with Gasteiger partial charge < -0.3 is 4.98 Å². The molecule has 0 spiro atoms. The number of carbonyl (C=O) groups excluding carboxylic acids is 1. The Labute approximate surface area is 76.3 Å². The van der Waals surface area contributed by atoms with Gasteiger partial charge in [0.15, 0.2) is 6.29 Å². The number of aldehydes is 1. The molecule has 0 radical (unpaired) electrons. The third-order valence-corrected chi connectivity index (χ3v) is 1.83. The lowest BCUT2D eigenvalue weighted by molar-refractivity contribution is 0.110. The van der Waals surface area contributed by atoms with Gasteiger partial charge in [0.2, 0.25) is 0 Å². The highest BCUT2D eigenvalue weighted by atomic mass is 35.5. The highest BCUT2D eigenvalue weighted by molar-refractivity contribution is 6.32. The zero-order valence-corrected chi connectivity index (χ0v) is 6.94. The molecule has 0 aliphatic rings. The lowest BCUT2D eigenvalue weighted by Gasteiger charge is -2.03. The average Bonchev–Trinajstić information content (AvgIpc) is 2.09. The minimum absolute atomic E-state index is 0.138. The summed E-state index contributed by atoms with van der Waals surface area (Å²) in [7, 11) is 0. The van der Waals surface area contributed by atoms with Gasteiger partial charge in [0.25, 0.3) is 12.0 Å². The van der Waals surface area contributed by atoms with Gasteiger partial charge in [0.1, 0.15) is 5.02 Å². The van der Waals surface area contributed by atoms with Gasteiger partial charge in [-0.15, -0.1) is 0 Å². The smallest absolute Gasteiger partial charge is 0.267 e. The zero-order chi connectivity index (χ0) is 10.0. The summed E-state index contributed by atoms with van der Waals surface area (Å²) < 4.78 is 24.4. The molecule has 1 rings (SSSR count). The van der Waals surface area contributed by atoms with E-state index in [0.29, 0.717) is 0 Å². The van der Waals surface area contributed by atoms with Gasteiger partial charge in [0, 0.05) is 17.3 Å². The molecule has 0 fully saturated rings. The van der Waals surface area contributed by atoms with Crippen LogP contribution in [0.25, 0.3) is 0 Å². The van der Waals surface area contributed by atoms with Crippen molar-refractivity contribution in [2.75, 3.05) is 0 Å². The monoisotopic (exact) mass is 207 g/mol. The Morgan fingerprint density at radius 3 is 2.62 bits per heavy atom. The van der Waals surface area contributed by atoms with Crippen molar-refractivity contribution in [2.24, 2.45) is 0 Å². The molecule has 0 unspecified atom stereocenters. The molecule has 1 heterocycles. The van der Waals surface area contributed by atoms with Crippen molar-refractivity contribution in [3.8, 4) is 0 Å². The molecule has 0 bridgehead atoms.